The maximum atomic E-state index is 11.8. The second-order valence-electron chi connectivity index (χ2n) is 4.79. The van der Waals surface area contributed by atoms with Crippen molar-refractivity contribution < 1.29 is 14.4 Å². The van der Waals surface area contributed by atoms with Gasteiger partial charge in [0.2, 0.25) is 0 Å². The molecular weight excluding hydrogens is 361 g/mol. The molecule has 0 aliphatic carbocycles. The summed E-state index contributed by atoms with van der Waals surface area (Å²) in [6.07, 6.45) is 0.793. The van der Waals surface area contributed by atoms with Crippen molar-refractivity contribution in [2.75, 3.05) is 0 Å². The molecule has 1 atom stereocenters. The molecule has 1 aliphatic rings. The second-order valence-corrected chi connectivity index (χ2v) is 6.04. The van der Waals surface area contributed by atoms with E-state index < -0.39 is 12.1 Å². The van der Waals surface area contributed by atoms with Gasteiger partial charge in [0, 0.05) is 21.2 Å². The SMILES string of the molecule is O=C1OC(/C=N/OCc2ccc(Cl)cc2Cl)c2cccc(Cl)c21. The summed E-state index contributed by atoms with van der Waals surface area (Å²) in [5.74, 6) is -0.470. The Morgan fingerprint density at radius 2 is 2.00 bits per heavy atom. The van der Waals surface area contributed by atoms with Gasteiger partial charge in [-0.3, -0.25) is 0 Å². The number of benzene rings is 2. The molecule has 23 heavy (non-hydrogen) atoms. The van der Waals surface area contributed by atoms with Crippen LogP contribution >= 0.6 is 34.8 Å². The molecule has 0 N–H and O–H groups in total. The lowest BCUT2D eigenvalue weighted by molar-refractivity contribution is 0.0490. The fourth-order valence-corrected chi connectivity index (χ4v) is 2.91. The minimum Gasteiger partial charge on any atom is -0.448 e. The Labute approximate surface area is 147 Å². The summed E-state index contributed by atoms with van der Waals surface area (Å²) < 4.78 is 5.21. The van der Waals surface area contributed by atoms with Crippen LogP contribution < -0.4 is 0 Å². The van der Waals surface area contributed by atoms with E-state index >= 15 is 0 Å². The van der Waals surface area contributed by atoms with Crippen LogP contribution in [0.5, 0.6) is 0 Å². The molecule has 0 bridgehead atoms. The van der Waals surface area contributed by atoms with E-state index in [9.17, 15) is 4.79 Å². The average Bonchev–Trinajstić information content (AvgIpc) is 2.83. The van der Waals surface area contributed by atoms with Gasteiger partial charge >= 0.3 is 5.97 Å². The maximum absolute atomic E-state index is 11.8. The highest BCUT2D eigenvalue weighted by Gasteiger charge is 2.31. The number of hydrogen-bond donors (Lipinski definition) is 0. The van der Waals surface area contributed by atoms with Crippen LogP contribution in [0.3, 0.4) is 0 Å². The van der Waals surface area contributed by atoms with Gasteiger partial charge in [0.05, 0.1) is 16.8 Å². The van der Waals surface area contributed by atoms with Crippen molar-refractivity contribution >= 4 is 47.0 Å². The number of halogens is 3. The first-order valence-electron chi connectivity index (χ1n) is 6.65. The van der Waals surface area contributed by atoms with Crippen LogP contribution in [-0.2, 0) is 16.2 Å². The summed E-state index contributed by atoms with van der Waals surface area (Å²) in [5.41, 5.74) is 1.78. The Hall–Kier alpha value is -1.75. The number of oxime groups is 1. The number of cyclic esters (lactones) is 1. The zero-order chi connectivity index (χ0) is 16.4. The van der Waals surface area contributed by atoms with Crippen molar-refractivity contribution in [2.24, 2.45) is 5.16 Å². The molecule has 0 fully saturated rings. The molecule has 4 nitrogen and oxygen atoms in total. The van der Waals surface area contributed by atoms with Crippen molar-refractivity contribution in [3.8, 4) is 0 Å². The van der Waals surface area contributed by atoms with Crippen molar-refractivity contribution in [2.45, 2.75) is 12.7 Å². The highest BCUT2D eigenvalue weighted by molar-refractivity contribution is 6.35. The van der Waals surface area contributed by atoms with E-state index in [2.05, 4.69) is 5.16 Å². The molecule has 1 heterocycles. The fourth-order valence-electron chi connectivity index (χ4n) is 2.19. The second kappa shape index (κ2) is 6.79. The number of hydrogen-bond acceptors (Lipinski definition) is 4. The van der Waals surface area contributed by atoms with Gasteiger partial charge in [-0.15, -0.1) is 0 Å². The molecule has 118 valence electrons. The van der Waals surface area contributed by atoms with E-state index in [0.29, 0.717) is 26.2 Å². The van der Waals surface area contributed by atoms with Gasteiger partial charge in [-0.05, 0) is 18.2 Å². The topological polar surface area (TPSA) is 47.9 Å². The highest BCUT2D eigenvalue weighted by atomic mass is 35.5. The average molecular weight is 371 g/mol. The van der Waals surface area contributed by atoms with Crippen LogP contribution in [0.25, 0.3) is 0 Å². The largest absolute Gasteiger partial charge is 0.448 e. The molecule has 1 aliphatic heterocycles. The summed E-state index contributed by atoms with van der Waals surface area (Å²) in [6, 6.07) is 10.2. The van der Waals surface area contributed by atoms with E-state index in [0.717, 1.165) is 5.56 Å². The van der Waals surface area contributed by atoms with Crippen molar-refractivity contribution in [3.05, 3.63) is 68.2 Å². The zero-order valence-electron chi connectivity index (χ0n) is 11.6. The van der Waals surface area contributed by atoms with Gasteiger partial charge in [0.25, 0.3) is 0 Å². The van der Waals surface area contributed by atoms with Crippen LogP contribution in [0.4, 0.5) is 0 Å². The van der Waals surface area contributed by atoms with E-state index in [4.69, 9.17) is 44.4 Å². The van der Waals surface area contributed by atoms with Gasteiger partial charge in [-0.25, -0.2) is 4.79 Å². The summed E-state index contributed by atoms with van der Waals surface area (Å²) in [4.78, 5) is 17.0. The molecule has 0 saturated carbocycles. The van der Waals surface area contributed by atoms with Gasteiger partial charge in [0.1, 0.15) is 6.61 Å². The van der Waals surface area contributed by atoms with Gasteiger partial charge in [-0.1, -0.05) is 58.2 Å². The summed E-state index contributed by atoms with van der Waals surface area (Å²) >= 11 is 17.9. The first kappa shape index (κ1) is 16.1. The van der Waals surface area contributed by atoms with Gasteiger partial charge < -0.3 is 9.57 Å². The van der Waals surface area contributed by atoms with Gasteiger partial charge in [-0.2, -0.15) is 0 Å². The third-order valence-electron chi connectivity index (χ3n) is 3.30. The minimum atomic E-state index is -0.614. The maximum Gasteiger partial charge on any atom is 0.341 e. The predicted molar refractivity (Wildman–Crippen MR) is 89.4 cm³/mol. The molecule has 0 aromatic heterocycles. The van der Waals surface area contributed by atoms with Crippen molar-refractivity contribution in [3.63, 3.8) is 0 Å². The molecule has 0 amide bonds. The number of ether oxygens (including phenoxy) is 1. The molecule has 0 saturated heterocycles. The molecule has 2 aromatic rings. The van der Waals surface area contributed by atoms with E-state index in [1.54, 1.807) is 36.4 Å². The number of fused-ring (bicyclic) bond motifs is 1. The molecule has 0 spiro atoms. The molecule has 3 rings (SSSR count). The fraction of sp³-hybridized carbons (Fsp3) is 0.125. The number of esters is 1. The highest BCUT2D eigenvalue weighted by Crippen LogP contribution is 2.33. The van der Waals surface area contributed by atoms with Crippen LogP contribution in [0.1, 0.15) is 27.6 Å². The van der Waals surface area contributed by atoms with Gasteiger partial charge in [0.15, 0.2) is 6.10 Å². The van der Waals surface area contributed by atoms with E-state index in [-0.39, 0.29) is 6.61 Å². The lowest BCUT2D eigenvalue weighted by Crippen LogP contribution is -2.00. The van der Waals surface area contributed by atoms with Crippen LogP contribution in [0.2, 0.25) is 15.1 Å². The lowest BCUT2D eigenvalue weighted by atomic mass is 10.1. The monoisotopic (exact) mass is 369 g/mol. The van der Waals surface area contributed by atoms with Crippen molar-refractivity contribution in [1.82, 2.24) is 0 Å². The number of carbonyl (C=O) groups is 1. The Kier molecular flexibility index (Phi) is 4.76. The number of nitrogens with zero attached hydrogens (tertiary/aromatic N) is 1. The smallest absolute Gasteiger partial charge is 0.341 e. The van der Waals surface area contributed by atoms with Crippen LogP contribution in [0.15, 0.2) is 41.6 Å². The van der Waals surface area contributed by atoms with Crippen LogP contribution in [-0.4, -0.2) is 12.2 Å². The Morgan fingerprint density at radius 1 is 1.17 bits per heavy atom. The molecule has 7 heteroatoms. The Balaban J connectivity index is 1.66. The number of carbonyl (C=O) groups excluding carboxylic acids is 1. The van der Waals surface area contributed by atoms with Crippen molar-refractivity contribution in [1.29, 1.82) is 0 Å². The normalized spacial score (nSPS) is 16.5. The summed E-state index contributed by atoms with van der Waals surface area (Å²) in [7, 11) is 0. The standard InChI is InChI=1S/C16H10Cl3NO3/c17-10-5-4-9(13(19)6-10)8-22-20-7-14-11-2-1-3-12(18)15(11)16(21)23-14/h1-7,14H,8H2/b20-7+. The third kappa shape index (κ3) is 3.44. The molecule has 0 radical (unpaired) electrons. The minimum absolute atomic E-state index is 0.176. The molecule has 1 unspecified atom stereocenters. The molecular formula is C16H10Cl3NO3. The van der Waals surface area contributed by atoms with Crippen LogP contribution in [0, 0.1) is 0 Å². The Morgan fingerprint density at radius 3 is 2.78 bits per heavy atom. The van der Waals surface area contributed by atoms with E-state index in [1.165, 1.54) is 6.21 Å². The Bertz CT molecular complexity index is 792. The predicted octanol–water partition coefficient (Wildman–Crippen LogP) is 5.06. The van der Waals surface area contributed by atoms with E-state index in [1.807, 2.05) is 0 Å². The first-order valence-corrected chi connectivity index (χ1v) is 7.78. The summed E-state index contributed by atoms with van der Waals surface area (Å²) in [5, 5.41) is 5.24. The lowest BCUT2D eigenvalue weighted by Gasteiger charge is -2.05. The number of rotatable bonds is 4. The third-order valence-corrected chi connectivity index (χ3v) is 4.20. The quantitative estimate of drug-likeness (QED) is 0.429. The first-order chi connectivity index (χ1) is 11.1. The summed E-state index contributed by atoms with van der Waals surface area (Å²) in [6.45, 7) is 0.176. The zero-order valence-corrected chi connectivity index (χ0v) is 13.9. The molecule has 2 aromatic carbocycles.